The molecule has 2 aromatic heterocycles. The third kappa shape index (κ3) is 4.04. The largest absolute Gasteiger partial charge is 0.496 e. The Labute approximate surface area is 178 Å². The van der Waals surface area contributed by atoms with Crippen molar-refractivity contribution in [3.63, 3.8) is 0 Å². The highest BCUT2D eigenvalue weighted by atomic mass is 16.5. The van der Waals surface area contributed by atoms with Gasteiger partial charge in [0.25, 0.3) is 5.91 Å². The van der Waals surface area contributed by atoms with Crippen molar-refractivity contribution in [2.75, 3.05) is 30.9 Å². The molecule has 0 radical (unpaired) electrons. The summed E-state index contributed by atoms with van der Waals surface area (Å²) in [6.07, 6.45) is 5.27. The summed E-state index contributed by atoms with van der Waals surface area (Å²) in [4.78, 5) is 33.9. The van der Waals surface area contributed by atoms with Gasteiger partial charge in [-0.3, -0.25) is 14.3 Å². The Morgan fingerprint density at radius 3 is 2.94 bits per heavy atom. The number of Topliss-reactive ketones (excluding diaryl/α,β-unsaturated/α-hetero) is 1. The molecule has 1 aliphatic rings. The van der Waals surface area contributed by atoms with Gasteiger partial charge in [0.1, 0.15) is 35.8 Å². The number of carbonyl (C=O) groups is 2. The number of ether oxygens (including phenoxy) is 2. The quantitative estimate of drug-likeness (QED) is 0.639. The number of nitrogen functional groups attached to an aromatic ring is 1. The van der Waals surface area contributed by atoms with Crippen LogP contribution in [0, 0.1) is 0 Å². The summed E-state index contributed by atoms with van der Waals surface area (Å²) in [5, 5.41) is 4.31. The minimum Gasteiger partial charge on any atom is -0.496 e. The third-order valence-corrected chi connectivity index (χ3v) is 4.99. The lowest BCUT2D eigenvalue weighted by molar-refractivity contribution is -0.117. The molecule has 1 aromatic carbocycles. The molecule has 0 saturated heterocycles. The lowest BCUT2D eigenvalue weighted by Gasteiger charge is -2.21. The molecule has 0 fully saturated rings. The van der Waals surface area contributed by atoms with Crippen LogP contribution in [0.25, 0.3) is 11.1 Å². The molecule has 0 spiro atoms. The summed E-state index contributed by atoms with van der Waals surface area (Å²) in [6.45, 7) is 2.66. The molecule has 3 aromatic rings. The first kappa shape index (κ1) is 20.3. The second-order valence-corrected chi connectivity index (χ2v) is 7.07. The Hall–Kier alpha value is -3.95. The molecule has 1 aliphatic heterocycles. The van der Waals surface area contributed by atoms with Gasteiger partial charge >= 0.3 is 0 Å². The fourth-order valence-electron chi connectivity index (χ4n) is 3.39. The summed E-state index contributed by atoms with van der Waals surface area (Å²) in [5.74, 6) is 0.610. The van der Waals surface area contributed by atoms with Gasteiger partial charge in [-0.2, -0.15) is 5.10 Å². The molecule has 3 heterocycles. The van der Waals surface area contributed by atoms with Crippen LogP contribution in [0.3, 0.4) is 0 Å². The highest BCUT2D eigenvalue weighted by Gasteiger charge is 2.29. The molecule has 0 saturated carbocycles. The molecule has 160 valence electrons. The first-order chi connectivity index (χ1) is 15.0. The van der Waals surface area contributed by atoms with E-state index in [4.69, 9.17) is 15.2 Å². The number of ketones is 1. The Balaban J connectivity index is 1.65. The van der Waals surface area contributed by atoms with Gasteiger partial charge in [-0.1, -0.05) is 0 Å². The molecule has 10 heteroatoms. The Morgan fingerprint density at radius 2 is 2.16 bits per heavy atom. The topological polar surface area (TPSA) is 125 Å². The van der Waals surface area contributed by atoms with E-state index in [0.29, 0.717) is 30.9 Å². The molecule has 0 atom stereocenters. The second-order valence-electron chi connectivity index (χ2n) is 7.07. The lowest BCUT2D eigenvalue weighted by atomic mass is 10.1. The maximum absolute atomic E-state index is 13.1. The summed E-state index contributed by atoms with van der Waals surface area (Å²) in [6, 6.07) is 5.48. The van der Waals surface area contributed by atoms with Crippen LogP contribution in [0.15, 0.2) is 36.9 Å². The third-order valence-electron chi connectivity index (χ3n) is 4.99. The minimum absolute atomic E-state index is 0.0726. The lowest BCUT2D eigenvalue weighted by Crippen LogP contribution is -2.32. The van der Waals surface area contributed by atoms with E-state index in [1.165, 1.54) is 6.33 Å². The average Bonchev–Trinajstić information content (AvgIpc) is 3.16. The van der Waals surface area contributed by atoms with Gasteiger partial charge in [-0.15, -0.1) is 0 Å². The van der Waals surface area contributed by atoms with E-state index in [-0.39, 0.29) is 35.6 Å². The average molecular weight is 422 g/mol. The predicted octanol–water partition coefficient (Wildman–Crippen LogP) is 1.95. The molecule has 0 unspecified atom stereocenters. The van der Waals surface area contributed by atoms with E-state index in [2.05, 4.69) is 15.1 Å². The second kappa shape index (κ2) is 8.42. The number of aryl methyl sites for hydroxylation is 1. The molecular weight excluding hydrogens is 400 g/mol. The minimum atomic E-state index is -0.336. The van der Waals surface area contributed by atoms with E-state index in [9.17, 15) is 9.59 Å². The van der Waals surface area contributed by atoms with Crippen LogP contribution in [0.2, 0.25) is 0 Å². The molecule has 1 amide bonds. The van der Waals surface area contributed by atoms with Crippen LogP contribution in [0.1, 0.15) is 23.7 Å². The first-order valence-electron chi connectivity index (χ1n) is 9.73. The fourth-order valence-corrected chi connectivity index (χ4v) is 3.39. The van der Waals surface area contributed by atoms with E-state index in [1.807, 2.05) is 18.3 Å². The number of anilines is 2. The first-order valence-corrected chi connectivity index (χ1v) is 9.73. The predicted molar refractivity (Wildman–Crippen MR) is 113 cm³/mol. The summed E-state index contributed by atoms with van der Waals surface area (Å²) < 4.78 is 12.9. The zero-order chi connectivity index (χ0) is 22.0. The highest BCUT2D eigenvalue weighted by molar-refractivity contribution is 6.10. The molecule has 10 nitrogen and oxygen atoms in total. The van der Waals surface area contributed by atoms with E-state index in [1.54, 1.807) is 35.9 Å². The van der Waals surface area contributed by atoms with Crippen molar-refractivity contribution in [2.45, 2.75) is 19.9 Å². The normalized spacial score (nSPS) is 13.4. The Kier molecular flexibility index (Phi) is 5.52. The SMILES string of the molecule is COc1cc(N2CCOc3ncnc(N)c3C2=O)ccc1-c1cnn(CCC(C)=O)c1. The zero-order valence-electron chi connectivity index (χ0n) is 17.2. The van der Waals surface area contributed by atoms with Crippen LogP contribution in [-0.2, 0) is 11.3 Å². The van der Waals surface area contributed by atoms with Crippen molar-refractivity contribution in [1.82, 2.24) is 19.7 Å². The number of nitrogens with zero attached hydrogens (tertiary/aromatic N) is 5. The number of carbonyl (C=O) groups excluding carboxylic acids is 2. The van der Waals surface area contributed by atoms with Crippen LogP contribution >= 0.6 is 0 Å². The van der Waals surface area contributed by atoms with Crippen molar-refractivity contribution >= 4 is 23.2 Å². The standard InChI is InChI=1S/C21H22N6O4/c1-13(28)5-6-26-11-14(10-25-26)16-4-3-15(9-17(16)30-2)27-7-8-31-20-18(21(27)29)19(22)23-12-24-20/h3-4,9-12H,5-8H2,1-2H3,(H2,22,23,24). The number of fused-ring (bicyclic) bond motifs is 1. The number of hydrogen-bond donors (Lipinski definition) is 1. The summed E-state index contributed by atoms with van der Waals surface area (Å²) in [7, 11) is 1.57. The van der Waals surface area contributed by atoms with Crippen LogP contribution in [0.5, 0.6) is 11.6 Å². The molecule has 4 rings (SSSR count). The molecule has 0 bridgehead atoms. The van der Waals surface area contributed by atoms with Gasteiger partial charge in [0, 0.05) is 42.0 Å². The molecular formula is C21H22N6O4. The number of rotatable bonds is 6. The Morgan fingerprint density at radius 1 is 1.32 bits per heavy atom. The van der Waals surface area contributed by atoms with Crippen molar-refractivity contribution in [1.29, 1.82) is 0 Å². The Bertz CT molecular complexity index is 1140. The smallest absolute Gasteiger partial charge is 0.267 e. The molecule has 0 aliphatic carbocycles. The van der Waals surface area contributed by atoms with Crippen LogP contribution < -0.4 is 20.1 Å². The number of benzene rings is 1. The number of hydrogen-bond acceptors (Lipinski definition) is 8. The fraction of sp³-hybridized carbons (Fsp3) is 0.286. The van der Waals surface area contributed by atoms with Crippen molar-refractivity contribution in [3.8, 4) is 22.8 Å². The monoisotopic (exact) mass is 422 g/mol. The van der Waals surface area contributed by atoms with E-state index < -0.39 is 0 Å². The van der Waals surface area contributed by atoms with E-state index >= 15 is 0 Å². The summed E-state index contributed by atoms with van der Waals surface area (Å²) in [5.41, 5.74) is 8.36. The maximum Gasteiger partial charge on any atom is 0.267 e. The number of methoxy groups -OCH3 is 1. The van der Waals surface area contributed by atoms with Gasteiger partial charge < -0.3 is 20.1 Å². The summed E-state index contributed by atoms with van der Waals surface area (Å²) >= 11 is 0. The number of aromatic nitrogens is 4. The molecule has 31 heavy (non-hydrogen) atoms. The van der Waals surface area contributed by atoms with Crippen LogP contribution in [-0.4, -0.2) is 51.7 Å². The van der Waals surface area contributed by atoms with Gasteiger partial charge in [0.2, 0.25) is 5.88 Å². The van der Waals surface area contributed by atoms with Crippen molar-refractivity contribution < 1.29 is 19.1 Å². The zero-order valence-corrected chi connectivity index (χ0v) is 17.2. The van der Waals surface area contributed by atoms with Crippen molar-refractivity contribution in [2.24, 2.45) is 0 Å². The number of amides is 1. The van der Waals surface area contributed by atoms with Gasteiger partial charge in [0.05, 0.1) is 19.9 Å². The van der Waals surface area contributed by atoms with Crippen molar-refractivity contribution in [3.05, 3.63) is 42.5 Å². The maximum atomic E-state index is 13.1. The number of nitrogens with two attached hydrogens (primary N) is 1. The van der Waals surface area contributed by atoms with Gasteiger partial charge in [0.15, 0.2) is 0 Å². The highest BCUT2D eigenvalue weighted by Crippen LogP contribution is 2.35. The van der Waals surface area contributed by atoms with E-state index in [0.717, 1.165) is 11.1 Å². The molecule has 2 N–H and O–H groups in total. The van der Waals surface area contributed by atoms with Gasteiger partial charge in [-0.05, 0) is 19.1 Å². The van der Waals surface area contributed by atoms with Crippen LogP contribution in [0.4, 0.5) is 11.5 Å². The van der Waals surface area contributed by atoms with Gasteiger partial charge in [-0.25, -0.2) is 9.97 Å².